The predicted octanol–water partition coefficient (Wildman–Crippen LogP) is 2.46. The number of benzene rings is 2. The SMILES string of the molecule is O=C(NCCC(=O)N1Cc2ccc(O)cc2C2(CC2)C1)c1n[nH]c2ccccc12. The van der Waals surface area contributed by atoms with E-state index in [0.29, 0.717) is 18.8 Å². The number of H-pyrrole nitrogens is 1. The van der Waals surface area contributed by atoms with Crippen LogP contribution in [0.4, 0.5) is 0 Å². The number of rotatable bonds is 4. The zero-order valence-electron chi connectivity index (χ0n) is 15.9. The van der Waals surface area contributed by atoms with Crippen molar-refractivity contribution in [3.63, 3.8) is 0 Å². The van der Waals surface area contributed by atoms with Crippen molar-refractivity contribution in [2.45, 2.75) is 31.2 Å². The number of aromatic hydroxyl groups is 1. The molecule has 2 heterocycles. The van der Waals surface area contributed by atoms with E-state index in [1.165, 1.54) is 5.56 Å². The number of hydrogen-bond donors (Lipinski definition) is 3. The van der Waals surface area contributed by atoms with Crippen molar-refractivity contribution in [3.8, 4) is 5.75 Å². The average molecular weight is 390 g/mol. The largest absolute Gasteiger partial charge is 0.508 e. The second-order valence-corrected chi connectivity index (χ2v) is 8.00. The fourth-order valence-electron chi connectivity index (χ4n) is 4.32. The number of nitrogens with zero attached hydrogens (tertiary/aromatic N) is 2. The van der Waals surface area contributed by atoms with Gasteiger partial charge in [0.15, 0.2) is 5.69 Å². The standard InChI is InChI=1S/C22H22N4O3/c27-15-6-5-14-12-26(13-22(8-9-22)17(14)11-15)19(28)7-10-23-21(29)20-16-3-1-2-4-18(16)24-25-20/h1-6,11,27H,7-10,12-13H2,(H,23,29)(H,24,25). The molecule has 0 atom stereocenters. The quantitative estimate of drug-likeness (QED) is 0.637. The van der Waals surface area contributed by atoms with E-state index in [-0.39, 0.29) is 35.9 Å². The number of phenols is 1. The van der Waals surface area contributed by atoms with Gasteiger partial charge in [-0.1, -0.05) is 24.3 Å². The summed E-state index contributed by atoms with van der Waals surface area (Å²) in [5.41, 5.74) is 3.43. The molecule has 1 aliphatic carbocycles. The van der Waals surface area contributed by atoms with Crippen LogP contribution in [-0.2, 0) is 16.8 Å². The first-order valence-corrected chi connectivity index (χ1v) is 9.87. The summed E-state index contributed by atoms with van der Waals surface area (Å²) in [6.45, 7) is 1.50. The smallest absolute Gasteiger partial charge is 0.272 e. The monoisotopic (exact) mass is 390 g/mol. The lowest BCUT2D eigenvalue weighted by molar-refractivity contribution is -0.132. The van der Waals surface area contributed by atoms with Gasteiger partial charge in [-0.05, 0) is 42.2 Å². The second kappa shape index (κ2) is 6.62. The maximum atomic E-state index is 12.8. The molecular weight excluding hydrogens is 368 g/mol. The minimum absolute atomic E-state index is 0.000803. The zero-order chi connectivity index (χ0) is 20.0. The van der Waals surface area contributed by atoms with E-state index >= 15 is 0 Å². The number of phenolic OH excluding ortho intramolecular Hbond substituents is 1. The van der Waals surface area contributed by atoms with Crippen LogP contribution in [0.15, 0.2) is 42.5 Å². The van der Waals surface area contributed by atoms with Crippen molar-refractivity contribution in [1.82, 2.24) is 20.4 Å². The first-order chi connectivity index (χ1) is 14.1. The number of fused-ring (bicyclic) bond motifs is 3. The molecule has 1 fully saturated rings. The third kappa shape index (κ3) is 3.12. The van der Waals surface area contributed by atoms with Crippen LogP contribution in [0, 0.1) is 0 Å². The van der Waals surface area contributed by atoms with E-state index in [0.717, 1.165) is 29.3 Å². The Morgan fingerprint density at radius 2 is 2.03 bits per heavy atom. The predicted molar refractivity (Wildman–Crippen MR) is 107 cm³/mol. The molecule has 3 N–H and O–H groups in total. The second-order valence-electron chi connectivity index (χ2n) is 8.00. The first kappa shape index (κ1) is 17.7. The average Bonchev–Trinajstić information content (AvgIpc) is 3.35. The Morgan fingerprint density at radius 3 is 2.86 bits per heavy atom. The topological polar surface area (TPSA) is 98.3 Å². The van der Waals surface area contributed by atoms with Crippen LogP contribution in [0.1, 0.15) is 40.9 Å². The molecule has 1 saturated carbocycles. The summed E-state index contributed by atoms with van der Waals surface area (Å²) in [6, 6.07) is 12.9. The maximum Gasteiger partial charge on any atom is 0.272 e. The Labute approximate surface area is 167 Å². The molecule has 1 spiro atoms. The molecule has 0 radical (unpaired) electrons. The van der Waals surface area contributed by atoms with Crippen LogP contribution in [-0.4, -0.2) is 45.1 Å². The number of nitrogens with one attached hydrogen (secondary N) is 2. The van der Waals surface area contributed by atoms with E-state index in [1.807, 2.05) is 41.3 Å². The molecule has 29 heavy (non-hydrogen) atoms. The Balaban J connectivity index is 1.22. The molecule has 3 aromatic rings. The minimum Gasteiger partial charge on any atom is -0.508 e. The van der Waals surface area contributed by atoms with Crippen molar-refractivity contribution < 1.29 is 14.7 Å². The highest BCUT2D eigenvalue weighted by Gasteiger charge is 2.49. The lowest BCUT2D eigenvalue weighted by atomic mass is 9.86. The summed E-state index contributed by atoms with van der Waals surface area (Å²) >= 11 is 0. The van der Waals surface area contributed by atoms with Crippen LogP contribution in [0.25, 0.3) is 10.9 Å². The van der Waals surface area contributed by atoms with Crippen LogP contribution in [0.3, 0.4) is 0 Å². The van der Waals surface area contributed by atoms with Gasteiger partial charge in [-0.25, -0.2) is 0 Å². The minimum atomic E-state index is -0.284. The molecule has 0 bridgehead atoms. The van der Waals surface area contributed by atoms with Crippen molar-refractivity contribution in [3.05, 3.63) is 59.3 Å². The lowest BCUT2D eigenvalue weighted by Crippen LogP contribution is -2.42. The summed E-state index contributed by atoms with van der Waals surface area (Å²) in [5, 5.41) is 20.3. The number of para-hydroxylation sites is 1. The van der Waals surface area contributed by atoms with E-state index < -0.39 is 0 Å². The Kier molecular flexibility index (Phi) is 4.04. The number of amides is 2. The first-order valence-electron chi connectivity index (χ1n) is 9.87. The van der Waals surface area contributed by atoms with E-state index in [9.17, 15) is 14.7 Å². The highest BCUT2D eigenvalue weighted by atomic mass is 16.3. The van der Waals surface area contributed by atoms with Gasteiger partial charge >= 0.3 is 0 Å². The zero-order valence-corrected chi connectivity index (χ0v) is 15.9. The molecule has 5 rings (SSSR count). The molecule has 2 amide bonds. The van der Waals surface area contributed by atoms with Gasteiger partial charge in [-0.3, -0.25) is 14.7 Å². The highest BCUT2D eigenvalue weighted by molar-refractivity contribution is 6.04. The van der Waals surface area contributed by atoms with E-state index in [4.69, 9.17) is 0 Å². The third-order valence-electron chi connectivity index (χ3n) is 6.04. The molecular formula is C22H22N4O3. The summed E-state index contributed by atoms with van der Waals surface area (Å²) in [5.74, 6) is 0.0268. The van der Waals surface area contributed by atoms with Crippen molar-refractivity contribution in [2.24, 2.45) is 0 Å². The molecule has 7 heteroatoms. The van der Waals surface area contributed by atoms with Gasteiger partial charge in [-0.15, -0.1) is 0 Å². The fourth-order valence-corrected chi connectivity index (χ4v) is 4.32. The molecule has 0 unspecified atom stereocenters. The number of carbonyl (C=O) groups excluding carboxylic acids is 2. The summed E-state index contributed by atoms with van der Waals surface area (Å²) in [4.78, 5) is 27.1. The number of hydrogen-bond acceptors (Lipinski definition) is 4. The Bertz CT molecular complexity index is 1120. The van der Waals surface area contributed by atoms with Gasteiger partial charge in [0.05, 0.1) is 5.52 Å². The van der Waals surface area contributed by atoms with Gasteiger partial charge in [0.25, 0.3) is 5.91 Å². The number of carbonyl (C=O) groups is 2. The molecule has 148 valence electrons. The van der Waals surface area contributed by atoms with Crippen LogP contribution < -0.4 is 5.32 Å². The van der Waals surface area contributed by atoms with Gasteiger partial charge in [0.1, 0.15) is 5.75 Å². The molecule has 7 nitrogen and oxygen atoms in total. The van der Waals surface area contributed by atoms with Crippen LogP contribution >= 0.6 is 0 Å². The maximum absolute atomic E-state index is 12.8. The van der Waals surface area contributed by atoms with E-state index in [2.05, 4.69) is 15.5 Å². The van der Waals surface area contributed by atoms with Gasteiger partial charge < -0.3 is 15.3 Å². The number of aromatic amines is 1. The van der Waals surface area contributed by atoms with Gasteiger partial charge in [0, 0.05) is 36.9 Å². The summed E-state index contributed by atoms with van der Waals surface area (Å²) < 4.78 is 0. The molecule has 0 saturated heterocycles. The normalized spacial score (nSPS) is 16.6. The summed E-state index contributed by atoms with van der Waals surface area (Å²) in [6.07, 6.45) is 2.32. The Hall–Kier alpha value is -3.35. The highest BCUT2D eigenvalue weighted by Crippen LogP contribution is 2.53. The fraction of sp³-hybridized carbons (Fsp3) is 0.318. The molecule has 2 aliphatic rings. The van der Waals surface area contributed by atoms with Crippen molar-refractivity contribution in [1.29, 1.82) is 0 Å². The van der Waals surface area contributed by atoms with Crippen LogP contribution in [0.5, 0.6) is 5.75 Å². The molecule has 1 aromatic heterocycles. The van der Waals surface area contributed by atoms with Crippen molar-refractivity contribution in [2.75, 3.05) is 13.1 Å². The molecule has 2 aromatic carbocycles. The van der Waals surface area contributed by atoms with Gasteiger partial charge in [0.2, 0.25) is 5.91 Å². The van der Waals surface area contributed by atoms with Crippen molar-refractivity contribution >= 4 is 22.7 Å². The third-order valence-corrected chi connectivity index (χ3v) is 6.04. The van der Waals surface area contributed by atoms with Gasteiger partial charge in [-0.2, -0.15) is 5.10 Å². The lowest BCUT2D eigenvalue weighted by Gasteiger charge is -2.35. The van der Waals surface area contributed by atoms with Crippen LogP contribution in [0.2, 0.25) is 0 Å². The molecule has 1 aliphatic heterocycles. The Morgan fingerprint density at radius 1 is 1.21 bits per heavy atom. The van der Waals surface area contributed by atoms with E-state index in [1.54, 1.807) is 6.07 Å². The number of aromatic nitrogens is 2. The summed E-state index contributed by atoms with van der Waals surface area (Å²) in [7, 11) is 0.